The largest absolute Gasteiger partial charge is 0.332 e. The topological polar surface area (TPSA) is 115 Å². The lowest BCUT2D eigenvalue weighted by Crippen LogP contribution is -2.55. The van der Waals surface area contributed by atoms with E-state index in [0.29, 0.717) is 28.6 Å². The Kier molecular flexibility index (Phi) is 3.94. The van der Waals surface area contributed by atoms with Crippen LogP contribution in [0.4, 0.5) is 10.5 Å². The van der Waals surface area contributed by atoms with Crippen molar-refractivity contribution in [3.8, 4) is 6.07 Å². The van der Waals surface area contributed by atoms with E-state index in [1.165, 1.54) is 9.21 Å². The number of fused-ring (bicyclic) bond motifs is 6. The van der Waals surface area contributed by atoms with Crippen molar-refractivity contribution in [1.29, 1.82) is 5.26 Å². The molecule has 0 N–H and O–H groups in total. The SMILES string of the molecule is CC(C)S(=O)(=O)N1C[C@H]2CC1[C@@H]1C(=O)N(c3ccc(C#N)c4ncccc34)C(=O)N21. The van der Waals surface area contributed by atoms with E-state index in [1.807, 2.05) is 0 Å². The molecule has 2 bridgehead atoms. The molecule has 1 unspecified atom stereocenters. The minimum Gasteiger partial charge on any atom is -0.306 e. The third kappa shape index (κ3) is 2.30. The molecule has 3 aliphatic rings. The van der Waals surface area contributed by atoms with Crippen LogP contribution >= 0.6 is 0 Å². The first-order valence-corrected chi connectivity index (χ1v) is 11.2. The van der Waals surface area contributed by atoms with Gasteiger partial charge in [-0.2, -0.15) is 9.57 Å². The van der Waals surface area contributed by atoms with Gasteiger partial charge in [-0.15, -0.1) is 0 Å². The molecule has 0 spiro atoms. The first-order chi connectivity index (χ1) is 14.3. The van der Waals surface area contributed by atoms with Gasteiger partial charge in [0, 0.05) is 24.2 Å². The number of nitriles is 1. The zero-order valence-electron chi connectivity index (χ0n) is 16.4. The lowest BCUT2D eigenvalue weighted by molar-refractivity contribution is -0.120. The quantitative estimate of drug-likeness (QED) is 0.688. The van der Waals surface area contributed by atoms with E-state index in [4.69, 9.17) is 0 Å². The smallest absolute Gasteiger partial charge is 0.306 e. The molecule has 1 aromatic carbocycles. The maximum Gasteiger partial charge on any atom is 0.332 e. The van der Waals surface area contributed by atoms with E-state index in [-0.39, 0.29) is 12.6 Å². The molecule has 4 heterocycles. The number of benzene rings is 1. The summed E-state index contributed by atoms with van der Waals surface area (Å²) in [7, 11) is -3.53. The molecule has 3 saturated heterocycles. The van der Waals surface area contributed by atoms with Crippen LogP contribution in [0.25, 0.3) is 10.9 Å². The molecule has 0 aliphatic carbocycles. The van der Waals surface area contributed by atoms with Crippen molar-refractivity contribution in [2.24, 2.45) is 0 Å². The van der Waals surface area contributed by atoms with Gasteiger partial charge in [-0.05, 0) is 44.5 Å². The molecule has 2 aromatic rings. The van der Waals surface area contributed by atoms with Crippen LogP contribution in [-0.4, -0.2) is 64.5 Å². The van der Waals surface area contributed by atoms with E-state index in [2.05, 4.69) is 11.1 Å². The number of nitrogens with zero attached hydrogens (tertiary/aromatic N) is 5. The zero-order valence-corrected chi connectivity index (χ0v) is 17.2. The van der Waals surface area contributed by atoms with Crippen molar-refractivity contribution in [3.63, 3.8) is 0 Å². The van der Waals surface area contributed by atoms with Crippen molar-refractivity contribution in [2.45, 2.75) is 43.6 Å². The number of hydrogen-bond donors (Lipinski definition) is 0. The van der Waals surface area contributed by atoms with Crippen LogP contribution in [-0.2, 0) is 14.8 Å². The van der Waals surface area contributed by atoms with Crippen LogP contribution < -0.4 is 4.90 Å². The van der Waals surface area contributed by atoms with Gasteiger partial charge in [0.05, 0.1) is 28.1 Å². The number of anilines is 1. The molecule has 154 valence electrons. The number of pyridine rings is 1. The van der Waals surface area contributed by atoms with Crippen molar-refractivity contribution in [2.75, 3.05) is 11.4 Å². The summed E-state index contributed by atoms with van der Waals surface area (Å²) in [6.45, 7) is 3.44. The highest BCUT2D eigenvalue weighted by Crippen LogP contribution is 2.44. The van der Waals surface area contributed by atoms with E-state index < -0.39 is 39.3 Å². The number of rotatable bonds is 3. The van der Waals surface area contributed by atoms with E-state index in [1.54, 1.807) is 44.3 Å². The molecule has 10 heteroatoms. The number of carbonyl (C=O) groups is 2. The van der Waals surface area contributed by atoms with Gasteiger partial charge in [0.1, 0.15) is 12.1 Å². The van der Waals surface area contributed by atoms with Gasteiger partial charge < -0.3 is 4.90 Å². The van der Waals surface area contributed by atoms with Crippen LogP contribution in [0.3, 0.4) is 0 Å². The Morgan fingerprint density at radius 1 is 1.23 bits per heavy atom. The summed E-state index contributed by atoms with van der Waals surface area (Å²) < 4.78 is 26.9. The third-order valence-electron chi connectivity index (χ3n) is 6.25. The van der Waals surface area contributed by atoms with Crippen molar-refractivity contribution >= 4 is 38.6 Å². The Bertz CT molecular complexity index is 1250. The molecule has 0 saturated carbocycles. The number of urea groups is 1. The summed E-state index contributed by atoms with van der Waals surface area (Å²) in [6, 6.07) is 6.43. The predicted octanol–water partition coefficient (Wildman–Crippen LogP) is 1.44. The standard InChI is InChI=1S/C20H19N5O4S/c1-11(2)30(28,29)23-10-13-8-16(23)18-19(26)25(20(27)24(13)18)15-6-5-12(9-21)17-14(15)4-3-7-22-17/h3-7,11,13,16,18H,8,10H2,1-2H3/t13-,16?,18-/m1/s1. The van der Waals surface area contributed by atoms with Gasteiger partial charge in [-0.25, -0.2) is 18.1 Å². The summed E-state index contributed by atoms with van der Waals surface area (Å²) in [4.78, 5) is 33.5. The van der Waals surface area contributed by atoms with Crippen molar-refractivity contribution in [3.05, 3.63) is 36.0 Å². The summed E-state index contributed by atoms with van der Waals surface area (Å²) >= 11 is 0. The van der Waals surface area contributed by atoms with Gasteiger partial charge in [-0.1, -0.05) is 0 Å². The van der Waals surface area contributed by atoms with Crippen molar-refractivity contribution < 1.29 is 18.0 Å². The van der Waals surface area contributed by atoms with Gasteiger partial charge in [-0.3, -0.25) is 9.78 Å². The second-order valence-electron chi connectivity index (χ2n) is 8.07. The van der Waals surface area contributed by atoms with Gasteiger partial charge in [0.2, 0.25) is 10.0 Å². The fraction of sp³-hybridized carbons (Fsp3) is 0.400. The van der Waals surface area contributed by atoms with Crippen LogP contribution in [0.5, 0.6) is 0 Å². The fourth-order valence-electron chi connectivity index (χ4n) is 4.84. The summed E-state index contributed by atoms with van der Waals surface area (Å²) in [5.41, 5.74) is 1.12. The molecule has 3 atom stereocenters. The highest BCUT2D eigenvalue weighted by atomic mass is 32.2. The maximum atomic E-state index is 13.4. The van der Waals surface area contributed by atoms with Gasteiger partial charge in [0.25, 0.3) is 5.91 Å². The average molecular weight is 425 g/mol. The lowest BCUT2D eigenvalue weighted by Gasteiger charge is -2.34. The average Bonchev–Trinajstić information content (AvgIpc) is 3.39. The lowest BCUT2D eigenvalue weighted by atomic mass is 10.1. The highest BCUT2D eigenvalue weighted by Gasteiger charge is 2.64. The van der Waals surface area contributed by atoms with E-state index in [0.717, 1.165) is 4.90 Å². The first kappa shape index (κ1) is 19.0. The molecular formula is C20H19N5O4S. The third-order valence-corrected chi connectivity index (χ3v) is 8.51. The number of piperazine rings is 1. The summed E-state index contributed by atoms with van der Waals surface area (Å²) in [6.07, 6.45) is 2.02. The molecule has 3 aliphatic heterocycles. The normalized spacial score (nSPS) is 26.1. The molecule has 1 aromatic heterocycles. The second-order valence-corrected chi connectivity index (χ2v) is 10.5. The van der Waals surface area contributed by atoms with E-state index in [9.17, 15) is 23.3 Å². The molecule has 9 nitrogen and oxygen atoms in total. The zero-order chi connectivity index (χ0) is 21.4. The molecule has 0 radical (unpaired) electrons. The monoisotopic (exact) mass is 425 g/mol. The molecule has 3 fully saturated rings. The Hall–Kier alpha value is -3.03. The van der Waals surface area contributed by atoms with Crippen LogP contribution in [0, 0.1) is 11.3 Å². The number of aromatic nitrogens is 1. The van der Waals surface area contributed by atoms with Crippen LogP contribution in [0.1, 0.15) is 25.8 Å². The summed E-state index contributed by atoms with van der Waals surface area (Å²) in [5.74, 6) is -0.439. The second kappa shape index (κ2) is 6.23. The number of sulfonamides is 1. The highest BCUT2D eigenvalue weighted by molar-refractivity contribution is 7.89. The minimum absolute atomic E-state index is 0.213. The number of amides is 3. The summed E-state index contributed by atoms with van der Waals surface area (Å²) in [5, 5.41) is 9.28. The van der Waals surface area contributed by atoms with Crippen LogP contribution in [0.2, 0.25) is 0 Å². The number of hydrogen-bond acceptors (Lipinski definition) is 6. The Balaban J connectivity index is 1.58. The molecule has 5 rings (SSSR count). The first-order valence-electron chi connectivity index (χ1n) is 9.72. The predicted molar refractivity (Wildman–Crippen MR) is 108 cm³/mol. The molecule has 3 amide bonds. The van der Waals surface area contributed by atoms with Crippen molar-refractivity contribution in [1.82, 2.24) is 14.2 Å². The molecular weight excluding hydrogens is 406 g/mol. The van der Waals surface area contributed by atoms with E-state index >= 15 is 0 Å². The molecule has 30 heavy (non-hydrogen) atoms. The minimum atomic E-state index is -3.53. The van der Waals surface area contributed by atoms with Gasteiger partial charge in [0.15, 0.2) is 0 Å². The maximum absolute atomic E-state index is 13.4. The fourth-order valence-corrected chi connectivity index (χ4v) is 6.34. The number of imide groups is 1. The Labute approximate surface area is 173 Å². The Morgan fingerprint density at radius 2 is 2.00 bits per heavy atom. The number of carbonyl (C=O) groups excluding carboxylic acids is 2. The Morgan fingerprint density at radius 3 is 2.70 bits per heavy atom. The van der Waals surface area contributed by atoms with Crippen LogP contribution in [0.15, 0.2) is 30.5 Å². The van der Waals surface area contributed by atoms with Gasteiger partial charge >= 0.3 is 6.03 Å².